The zero-order valence-electron chi connectivity index (χ0n) is 16.0. The number of halogens is 1. The van der Waals surface area contributed by atoms with Crippen LogP contribution in [0.5, 0.6) is 0 Å². The van der Waals surface area contributed by atoms with E-state index in [-0.39, 0.29) is 6.04 Å². The van der Waals surface area contributed by atoms with E-state index in [4.69, 9.17) is 0 Å². The summed E-state index contributed by atoms with van der Waals surface area (Å²) >= 11 is 3.52. The van der Waals surface area contributed by atoms with Crippen molar-refractivity contribution in [1.29, 1.82) is 0 Å². The highest BCUT2D eigenvalue weighted by atomic mass is 79.9. The van der Waals surface area contributed by atoms with E-state index in [2.05, 4.69) is 35.8 Å². The molecule has 1 aliphatic heterocycles. The maximum Gasteiger partial charge on any atom is 0.211 e. The Morgan fingerprint density at radius 3 is 2.86 bits per heavy atom. The van der Waals surface area contributed by atoms with Crippen LogP contribution >= 0.6 is 15.9 Å². The molecule has 1 N–H and O–H groups in total. The van der Waals surface area contributed by atoms with E-state index in [1.165, 1.54) is 6.26 Å². The van der Waals surface area contributed by atoms with Gasteiger partial charge in [-0.25, -0.2) is 13.4 Å². The van der Waals surface area contributed by atoms with Crippen LogP contribution < -0.4 is 4.90 Å². The average molecular weight is 476 g/mol. The highest BCUT2D eigenvalue weighted by Crippen LogP contribution is 2.32. The number of benzene rings is 1. The van der Waals surface area contributed by atoms with Crippen molar-refractivity contribution in [3.05, 3.63) is 76.5 Å². The van der Waals surface area contributed by atoms with Crippen LogP contribution in [0.3, 0.4) is 0 Å². The van der Waals surface area contributed by atoms with Crippen molar-refractivity contribution in [1.82, 2.24) is 19.3 Å². The highest BCUT2D eigenvalue weighted by Gasteiger charge is 2.33. The summed E-state index contributed by atoms with van der Waals surface area (Å²) < 4.78 is 28.0. The van der Waals surface area contributed by atoms with Gasteiger partial charge in [0.05, 0.1) is 24.8 Å². The topological polar surface area (TPSA) is 82.2 Å². The molecule has 0 radical (unpaired) electrons. The minimum atomic E-state index is -3.41. The monoisotopic (exact) mass is 475 g/mol. The summed E-state index contributed by atoms with van der Waals surface area (Å²) in [6, 6.07) is 9.67. The molecular formula is C20H22BrN5O2S. The summed E-state index contributed by atoms with van der Waals surface area (Å²) in [6.07, 6.45) is 8.92. The number of hydrogen-bond donors (Lipinski definition) is 1. The van der Waals surface area contributed by atoms with Gasteiger partial charge in [-0.15, -0.1) is 0 Å². The average Bonchev–Trinajstić information content (AvgIpc) is 3.13. The van der Waals surface area contributed by atoms with Crippen molar-refractivity contribution in [2.45, 2.75) is 25.6 Å². The number of fused-ring (bicyclic) bond motifs is 1. The van der Waals surface area contributed by atoms with Gasteiger partial charge >= 0.3 is 0 Å². The second-order valence-corrected chi connectivity index (χ2v) is 10.1. The zero-order chi connectivity index (χ0) is 20.4. The number of rotatable bonds is 5. The molecule has 4 rings (SSSR count). The fourth-order valence-electron chi connectivity index (χ4n) is 3.80. The Morgan fingerprint density at radius 2 is 2.17 bits per heavy atom. The number of imidazole rings is 1. The van der Waals surface area contributed by atoms with Crippen LogP contribution in [-0.4, -0.2) is 46.5 Å². The predicted octanol–water partition coefficient (Wildman–Crippen LogP) is 2.96. The number of aromatic nitrogens is 3. The molecule has 0 aliphatic carbocycles. The van der Waals surface area contributed by atoms with Crippen LogP contribution in [0.15, 0.2) is 59.7 Å². The number of anilines is 1. The van der Waals surface area contributed by atoms with Gasteiger partial charge in [-0.1, -0.05) is 22.0 Å². The quantitative estimate of drug-likeness (QED) is 0.613. The number of hydrogen-bond acceptors (Lipinski definition) is 5. The third kappa shape index (κ3) is 4.68. The molecule has 1 unspecified atom stereocenters. The van der Waals surface area contributed by atoms with Crippen LogP contribution in [0.1, 0.15) is 16.8 Å². The molecule has 0 fully saturated rings. The smallest absolute Gasteiger partial charge is 0.211 e. The molecule has 152 valence electrons. The Bertz CT molecular complexity index is 1070. The Morgan fingerprint density at radius 1 is 1.31 bits per heavy atom. The van der Waals surface area contributed by atoms with Gasteiger partial charge in [0, 0.05) is 47.9 Å². The fourth-order valence-corrected chi connectivity index (χ4v) is 5.26. The van der Waals surface area contributed by atoms with E-state index in [1.807, 2.05) is 36.5 Å². The molecule has 1 aliphatic rings. The van der Waals surface area contributed by atoms with Crippen LogP contribution in [0.2, 0.25) is 0 Å². The third-order valence-corrected chi connectivity index (χ3v) is 6.85. The molecule has 0 saturated heterocycles. The Kier molecular flexibility index (Phi) is 5.71. The van der Waals surface area contributed by atoms with E-state index in [1.54, 1.807) is 23.0 Å². The summed E-state index contributed by atoms with van der Waals surface area (Å²) in [4.78, 5) is 13.8. The number of H-pyrrole nitrogens is 1. The number of nitrogens with zero attached hydrogens (tertiary/aromatic N) is 4. The lowest BCUT2D eigenvalue weighted by Crippen LogP contribution is -2.45. The third-order valence-electron chi connectivity index (χ3n) is 5.07. The van der Waals surface area contributed by atoms with Crippen LogP contribution in [0.4, 0.5) is 5.69 Å². The molecule has 7 nitrogen and oxygen atoms in total. The zero-order valence-corrected chi connectivity index (χ0v) is 18.4. The lowest BCUT2D eigenvalue weighted by atomic mass is 10.1. The lowest BCUT2D eigenvalue weighted by molar-refractivity contribution is 0.320. The Balaban J connectivity index is 1.75. The van der Waals surface area contributed by atoms with Gasteiger partial charge < -0.3 is 9.88 Å². The molecule has 1 atom stereocenters. The first-order valence-electron chi connectivity index (χ1n) is 9.27. The Hall–Kier alpha value is -2.23. The summed E-state index contributed by atoms with van der Waals surface area (Å²) in [5.41, 5.74) is 3.91. The van der Waals surface area contributed by atoms with Crippen molar-refractivity contribution in [3.63, 3.8) is 0 Å². The van der Waals surface area contributed by atoms with Gasteiger partial charge in [0.25, 0.3) is 0 Å². The van der Waals surface area contributed by atoms with E-state index in [9.17, 15) is 8.42 Å². The molecule has 2 aromatic heterocycles. The summed E-state index contributed by atoms with van der Waals surface area (Å²) in [5, 5.41) is 0. The number of nitrogens with one attached hydrogen (secondary N) is 1. The Labute approximate surface area is 179 Å². The molecule has 0 amide bonds. The fraction of sp³-hybridized carbons (Fsp3) is 0.300. The maximum atomic E-state index is 12.7. The molecule has 0 bridgehead atoms. The first kappa shape index (κ1) is 20.1. The van der Waals surface area contributed by atoms with Gasteiger partial charge in [0.2, 0.25) is 10.0 Å². The highest BCUT2D eigenvalue weighted by molar-refractivity contribution is 9.10. The molecule has 9 heteroatoms. The number of aromatic amines is 1. The van der Waals surface area contributed by atoms with Gasteiger partial charge in [-0.2, -0.15) is 4.31 Å². The molecule has 0 spiro atoms. The summed E-state index contributed by atoms with van der Waals surface area (Å²) in [5.74, 6) is 0. The van der Waals surface area contributed by atoms with Gasteiger partial charge in [-0.3, -0.25) is 4.98 Å². The molecule has 3 aromatic rings. The molecule has 0 saturated carbocycles. The van der Waals surface area contributed by atoms with Crippen molar-refractivity contribution in [2.24, 2.45) is 0 Å². The minimum Gasteiger partial charge on any atom is -0.364 e. The second kappa shape index (κ2) is 8.25. The van der Waals surface area contributed by atoms with Crippen LogP contribution in [0.25, 0.3) is 0 Å². The largest absolute Gasteiger partial charge is 0.364 e. The lowest BCUT2D eigenvalue weighted by Gasteiger charge is -2.31. The molecule has 1 aromatic carbocycles. The second-order valence-electron chi connectivity index (χ2n) is 7.24. The SMILES string of the molecule is CS(=O)(=O)N1Cc2cc(Br)ccc2N(Cc2c[nH]cn2)CC1Cc1cccnc1. The first-order valence-corrected chi connectivity index (χ1v) is 11.9. The maximum absolute atomic E-state index is 12.7. The van der Waals surface area contributed by atoms with E-state index in [0.717, 1.165) is 27.0 Å². The van der Waals surface area contributed by atoms with Gasteiger partial charge in [0.15, 0.2) is 0 Å². The van der Waals surface area contributed by atoms with Crippen LogP contribution in [0, 0.1) is 0 Å². The molecular weight excluding hydrogens is 454 g/mol. The molecule has 3 heterocycles. The van der Waals surface area contributed by atoms with Crippen molar-refractivity contribution in [2.75, 3.05) is 17.7 Å². The van der Waals surface area contributed by atoms with Crippen molar-refractivity contribution in [3.8, 4) is 0 Å². The molecule has 29 heavy (non-hydrogen) atoms. The number of pyridine rings is 1. The van der Waals surface area contributed by atoms with Gasteiger partial charge in [-0.05, 0) is 41.8 Å². The standard InChI is InChI=1S/C20H22BrN5O2S/c1-29(27,28)26-11-16-8-17(21)4-5-20(16)25(12-18-10-23-14-24-18)13-19(26)7-15-3-2-6-22-9-15/h2-6,8-10,14,19H,7,11-13H2,1H3,(H,23,24). The van der Waals surface area contributed by atoms with Crippen LogP contribution in [-0.2, 0) is 29.5 Å². The van der Waals surface area contributed by atoms with Gasteiger partial charge in [0.1, 0.15) is 0 Å². The van der Waals surface area contributed by atoms with E-state index >= 15 is 0 Å². The van der Waals surface area contributed by atoms with Crippen molar-refractivity contribution >= 4 is 31.6 Å². The van der Waals surface area contributed by atoms with E-state index in [0.29, 0.717) is 26.1 Å². The summed E-state index contributed by atoms with van der Waals surface area (Å²) in [7, 11) is -3.41. The summed E-state index contributed by atoms with van der Waals surface area (Å²) in [6.45, 7) is 1.48. The number of sulfonamides is 1. The van der Waals surface area contributed by atoms with E-state index < -0.39 is 10.0 Å². The predicted molar refractivity (Wildman–Crippen MR) is 116 cm³/mol. The van der Waals surface area contributed by atoms with Crippen molar-refractivity contribution < 1.29 is 8.42 Å². The minimum absolute atomic E-state index is 0.223. The normalized spacial score (nSPS) is 17.7. The first-order chi connectivity index (χ1) is 13.9.